The lowest BCUT2D eigenvalue weighted by Gasteiger charge is -1.90. The van der Waals surface area contributed by atoms with Gasteiger partial charge in [0.05, 0.1) is 0 Å². The second-order valence-electron chi connectivity index (χ2n) is 1.73. The number of pyridine rings is 1. The molecule has 2 nitrogen and oxygen atoms in total. The summed E-state index contributed by atoms with van der Waals surface area (Å²) in [7, 11) is 1.91. The molecule has 40 valence electrons. The van der Waals surface area contributed by atoms with Crippen molar-refractivity contribution in [1.82, 2.24) is 4.98 Å². The van der Waals surface area contributed by atoms with Crippen molar-refractivity contribution in [2.45, 2.75) is 0 Å². The predicted molar refractivity (Wildman–Crippen MR) is 36.8 cm³/mol. The molecule has 0 aliphatic carbocycles. The Kier molecular flexibility index (Phi) is 1.20. The SMILES string of the molecule is Bc1cc(N)ccn1. The van der Waals surface area contributed by atoms with E-state index in [9.17, 15) is 0 Å². The van der Waals surface area contributed by atoms with Gasteiger partial charge in [0.2, 0.25) is 0 Å². The first-order valence-electron chi connectivity index (χ1n) is 2.47. The normalized spacial score (nSPS) is 9.00. The lowest BCUT2D eigenvalue weighted by molar-refractivity contribution is 1.39. The van der Waals surface area contributed by atoms with E-state index in [2.05, 4.69) is 4.98 Å². The molecule has 0 atom stereocenters. The fourth-order valence-corrected chi connectivity index (χ4v) is 0.567. The highest BCUT2D eigenvalue weighted by Gasteiger charge is 1.82. The molecular weight excluding hydrogens is 98.9 g/mol. The van der Waals surface area contributed by atoms with Crippen LogP contribution in [0.1, 0.15) is 0 Å². The maximum Gasteiger partial charge on any atom is 0.164 e. The van der Waals surface area contributed by atoms with Gasteiger partial charge in [-0.3, -0.25) is 4.98 Å². The molecule has 1 rings (SSSR count). The zero-order valence-electron chi connectivity index (χ0n) is 4.76. The molecule has 2 N–H and O–H groups in total. The van der Waals surface area contributed by atoms with Crippen LogP contribution in [0.15, 0.2) is 18.3 Å². The second kappa shape index (κ2) is 1.86. The number of nitrogens with two attached hydrogens (primary N) is 1. The van der Waals surface area contributed by atoms with E-state index in [1.807, 2.05) is 13.9 Å². The maximum atomic E-state index is 5.42. The number of nitrogen functional groups attached to an aromatic ring is 1. The van der Waals surface area contributed by atoms with Gasteiger partial charge in [-0.25, -0.2) is 0 Å². The summed E-state index contributed by atoms with van der Waals surface area (Å²) >= 11 is 0. The largest absolute Gasteiger partial charge is 0.399 e. The summed E-state index contributed by atoms with van der Waals surface area (Å²) in [6.07, 6.45) is 1.70. The molecule has 1 heterocycles. The Morgan fingerprint density at radius 2 is 2.38 bits per heavy atom. The van der Waals surface area contributed by atoms with Crippen LogP contribution in [0.5, 0.6) is 0 Å². The van der Waals surface area contributed by atoms with E-state index in [-0.39, 0.29) is 0 Å². The molecule has 1 aromatic rings. The van der Waals surface area contributed by atoms with Crippen LogP contribution in [0, 0.1) is 0 Å². The number of aromatic nitrogens is 1. The lowest BCUT2D eigenvalue weighted by atomic mass is 10.0. The minimum absolute atomic E-state index is 0.775. The topological polar surface area (TPSA) is 38.9 Å². The fraction of sp³-hybridized carbons (Fsp3) is 0. The van der Waals surface area contributed by atoms with E-state index < -0.39 is 0 Å². The molecule has 8 heavy (non-hydrogen) atoms. The van der Waals surface area contributed by atoms with Crippen molar-refractivity contribution in [2.24, 2.45) is 0 Å². The highest BCUT2D eigenvalue weighted by Crippen LogP contribution is 1.90. The smallest absolute Gasteiger partial charge is 0.164 e. The number of nitrogens with zero attached hydrogens (tertiary/aromatic N) is 1. The van der Waals surface area contributed by atoms with E-state index >= 15 is 0 Å². The lowest BCUT2D eigenvalue weighted by Crippen LogP contribution is -2.07. The third kappa shape index (κ3) is 0.995. The fourth-order valence-electron chi connectivity index (χ4n) is 0.567. The summed E-state index contributed by atoms with van der Waals surface area (Å²) in [4.78, 5) is 3.96. The van der Waals surface area contributed by atoms with Crippen LogP contribution >= 0.6 is 0 Å². The third-order valence-electron chi connectivity index (χ3n) is 0.921. The van der Waals surface area contributed by atoms with Crippen LogP contribution < -0.4 is 11.3 Å². The highest BCUT2D eigenvalue weighted by atomic mass is 14.7. The third-order valence-corrected chi connectivity index (χ3v) is 0.921. The summed E-state index contributed by atoms with van der Waals surface area (Å²) in [6.45, 7) is 0. The maximum absolute atomic E-state index is 5.42. The molecule has 0 saturated heterocycles. The van der Waals surface area contributed by atoms with Crippen molar-refractivity contribution in [2.75, 3.05) is 5.73 Å². The average molecular weight is 106 g/mol. The molecule has 0 bridgehead atoms. The van der Waals surface area contributed by atoms with Gasteiger partial charge in [0.15, 0.2) is 7.85 Å². The Labute approximate surface area is 49.1 Å². The quantitative estimate of drug-likeness (QED) is 0.427. The van der Waals surface area contributed by atoms with E-state index in [1.54, 1.807) is 12.3 Å². The van der Waals surface area contributed by atoms with Crippen molar-refractivity contribution in [1.29, 1.82) is 0 Å². The Balaban J connectivity index is 3.08. The number of anilines is 1. The van der Waals surface area contributed by atoms with Gasteiger partial charge in [-0.2, -0.15) is 0 Å². The molecule has 0 amide bonds. The van der Waals surface area contributed by atoms with Crippen LogP contribution in [0.2, 0.25) is 0 Å². The molecule has 0 radical (unpaired) electrons. The van der Waals surface area contributed by atoms with E-state index in [1.165, 1.54) is 0 Å². The van der Waals surface area contributed by atoms with Crippen LogP contribution in [-0.4, -0.2) is 12.8 Å². The first kappa shape index (κ1) is 5.16. The van der Waals surface area contributed by atoms with Gasteiger partial charge in [0.25, 0.3) is 0 Å². The van der Waals surface area contributed by atoms with Crippen molar-refractivity contribution < 1.29 is 0 Å². The molecule has 3 heteroatoms. The number of hydrogen-bond donors (Lipinski definition) is 1. The van der Waals surface area contributed by atoms with Crippen molar-refractivity contribution >= 4 is 19.1 Å². The van der Waals surface area contributed by atoms with E-state index in [0.29, 0.717) is 0 Å². The molecule has 0 spiro atoms. The van der Waals surface area contributed by atoms with Crippen LogP contribution in [0.25, 0.3) is 0 Å². The van der Waals surface area contributed by atoms with Gasteiger partial charge in [0.1, 0.15) is 0 Å². The number of rotatable bonds is 0. The monoisotopic (exact) mass is 106 g/mol. The first-order valence-corrected chi connectivity index (χ1v) is 2.47. The van der Waals surface area contributed by atoms with Crippen LogP contribution in [-0.2, 0) is 0 Å². The molecular formula is C5H7BN2. The summed E-state index contributed by atoms with van der Waals surface area (Å²) in [5.74, 6) is 0. The minimum atomic E-state index is 0.775. The predicted octanol–water partition coefficient (Wildman–Crippen LogP) is -1.08. The van der Waals surface area contributed by atoms with Crippen LogP contribution in [0.4, 0.5) is 5.69 Å². The highest BCUT2D eigenvalue weighted by molar-refractivity contribution is 6.30. The first-order chi connectivity index (χ1) is 3.79. The Bertz CT molecular complexity index is 170. The Hall–Kier alpha value is -0.985. The molecule has 0 saturated carbocycles. The zero-order chi connectivity index (χ0) is 5.98. The Morgan fingerprint density at radius 3 is 2.75 bits per heavy atom. The van der Waals surface area contributed by atoms with E-state index in [4.69, 9.17) is 5.73 Å². The zero-order valence-corrected chi connectivity index (χ0v) is 4.76. The van der Waals surface area contributed by atoms with Crippen molar-refractivity contribution in [3.05, 3.63) is 18.3 Å². The summed E-state index contributed by atoms with van der Waals surface area (Å²) in [5, 5.41) is 0. The molecule has 0 aliphatic heterocycles. The standard InChI is InChI=1S/C5H7BN2/c6-5-3-4(7)1-2-8-5/h1-3H,6H2,(H2,7,8). The average Bonchev–Trinajstić information content (AvgIpc) is 1.64. The molecule has 0 fully saturated rings. The van der Waals surface area contributed by atoms with Gasteiger partial charge in [-0.05, 0) is 17.7 Å². The Morgan fingerprint density at radius 1 is 1.62 bits per heavy atom. The summed E-state index contributed by atoms with van der Waals surface area (Å²) in [5.41, 5.74) is 7.16. The summed E-state index contributed by atoms with van der Waals surface area (Å²) in [6, 6.07) is 3.60. The van der Waals surface area contributed by atoms with Gasteiger partial charge >= 0.3 is 0 Å². The van der Waals surface area contributed by atoms with E-state index in [0.717, 1.165) is 11.3 Å². The molecule has 1 aromatic heterocycles. The van der Waals surface area contributed by atoms with Gasteiger partial charge in [-0.1, -0.05) is 0 Å². The minimum Gasteiger partial charge on any atom is -0.399 e. The summed E-state index contributed by atoms with van der Waals surface area (Å²) < 4.78 is 0. The molecule has 0 unspecified atom stereocenters. The van der Waals surface area contributed by atoms with Crippen molar-refractivity contribution in [3.63, 3.8) is 0 Å². The molecule has 0 aromatic carbocycles. The van der Waals surface area contributed by atoms with Gasteiger partial charge in [-0.15, -0.1) is 0 Å². The van der Waals surface area contributed by atoms with Gasteiger partial charge < -0.3 is 5.73 Å². The van der Waals surface area contributed by atoms with Crippen LogP contribution in [0.3, 0.4) is 0 Å². The van der Waals surface area contributed by atoms with Crippen molar-refractivity contribution in [3.8, 4) is 0 Å². The second-order valence-corrected chi connectivity index (χ2v) is 1.73. The molecule has 0 aliphatic rings. The number of hydrogen-bond acceptors (Lipinski definition) is 2. The van der Waals surface area contributed by atoms with Gasteiger partial charge in [0, 0.05) is 11.9 Å².